The van der Waals surface area contributed by atoms with Crippen LogP contribution < -0.4 is 16.0 Å². The largest absolute Gasteiger partial charge is 0.497 e. The highest BCUT2D eigenvalue weighted by atomic mass is 16.5. The zero-order valence-corrected chi connectivity index (χ0v) is 21.4. The number of nitrogens with zero attached hydrogens (tertiary/aromatic N) is 4. The number of ether oxygens (including phenoxy) is 1. The van der Waals surface area contributed by atoms with Gasteiger partial charge in [-0.15, -0.1) is 0 Å². The molecule has 36 heavy (non-hydrogen) atoms. The van der Waals surface area contributed by atoms with Gasteiger partial charge in [-0.1, -0.05) is 39.8 Å². The van der Waals surface area contributed by atoms with Crippen LogP contribution in [0.4, 0.5) is 0 Å². The van der Waals surface area contributed by atoms with Gasteiger partial charge in [-0.2, -0.15) is 0 Å². The van der Waals surface area contributed by atoms with Gasteiger partial charge in [-0.05, 0) is 60.2 Å². The molecule has 0 N–H and O–H groups in total. The molecule has 4 rings (SSSR count). The Bertz CT molecular complexity index is 1490. The Balaban J connectivity index is 1.85. The maximum atomic E-state index is 13.5. The van der Waals surface area contributed by atoms with Crippen molar-refractivity contribution in [2.24, 2.45) is 5.92 Å². The van der Waals surface area contributed by atoms with Gasteiger partial charge in [0.1, 0.15) is 5.75 Å². The van der Waals surface area contributed by atoms with Crippen LogP contribution in [0.3, 0.4) is 0 Å². The fourth-order valence-corrected chi connectivity index (χ4v) is 4.15. The van der Waals surface area contributed by atoms with Crippen LogP contribution in [-0.2, 0) is 13.1 Å². The molecule has 8 nitrogen and oxygen atoms in total. The molecular weight excluding hydrogens is 456 g/mol. The van der Waals surface area contributed by atoms with Crippen LogP contribution in [0.5, 0.6) is 5.75 Å². The molecule has 0 bridgehead atoms. The van der Waals surface area contributed by atoms with Crippen LogP contribution in [0.15, 0.2) is 64.4 Å². The molecule has 0 spiro atoms. The van der Waals surface area contributed by atoms with E-state index in [0.29, 0.717) is 35.3 Å². The van der Waals surface area contributed by atoms with E-state index in [4.69, 9.17) is 4.74 Å². The van der Waals surface area contributed by atoms with E-state index in [0.717, 1.165) is 5.56 Å². The van der Waals surface area contributed by atoms with Crippen molar-refractivity contribution >= 4 is 16.9 Å². The number of hydrogen-bond acceptors (Lipinski definition) is 5. The quantitative estimate of drug-likeness (QED) is 0.326. The Morgan fingerprint density at radius 3 is 2.22 bits per heavy atom. The van der Waals surface area contributed by atoms with Crippen LogP contribution in [0, 0.1) is 5.92 Å². The lowest BCUT2D eigenvalue weighted by Crippen LogP contribution is -2.40. The maximum Gasteiger partial charge on any atom is 0.337 e. The zero-order chi connectivity index (χ0) is 26.0. The van der Waals surface area contributed by atoms with Crippen LogP contribution in [0.25, 0.3) is 16.9 Å². The Hall–Kier alpha value is -3.94. The van der Waals surface area contributed by atoms with E-state index in [1.165, 1.54) is 20.0 Å². The Labute approximate surface area is 209 Å². The van der Waals surface area contributed by atoms with E-state index in [-0.39, 0.29) is 30.0 Å². The Morgan fingerprint density at radius 1 is 0.972 bits per heavy atom. The van der Waals surface area contributed by atoms with Crippen molar-refractivity contribution in [2.75, 3.05) is 7.11 Å². The summed E-state index contributed by atoms with van der Waals surface area (Å²) in [6.07, 6.45) is 2.13. The first-order chi connectivity index (χ1) is 17.2. The molecule has 2 aromatic carbocycles. The van der Waals surface area contributed by atoms with Crippen molar-refractivity contribution in [3.63, 3.8) is 0 Å². The van der Waals surface area contributed by atoms with Gasteiger partial charge in [0.05, 0.1) is 25.7 Å². The van der Waals surface area contributed by atoms with Crippen LogP contribution in [-0.4, -0.2) is 31.6 Å². The summed E-state index contributed by atoms with van der Waals surface area (Å²) in [6, 6.07) is 14.5. The van der Waals surface area contributed by atoms with Gasteiger partial charge in [-0.25, -0.2) is 14.3 Å². The summed E-state index contributed by atoms with van der Waals surface area (Å²) in [6.45, 7) is 8.51. The van der Waals surface area contributed by atoms with E-state index in [9.17, 15) is 14.4 Å². The van der Waals surface area contributed by atoms with E-state index in [2.05, 4.69) is 18.8 Å². The number of carbonyl (C=O) groups excluding carboxylic acids is 1. The summed E-state index contributed by atoms with van der Waals surface area (Å²) < 4.78 is 9.43. The molecule has 4 aromatic rings. The minimum absolute atomic E-state index is 0.0766. The fourth-order valence-electron chi connectivity index (χ4n) is 4.15. The predicted molar refractivity (Wildman–Crippen MR) is 140 cm³/mol. The van der Waals surface area contributed by atoms with Gasteiger partial charge in [0.2, 0.25) is 0 Å². The second-order valence-electron chi connectivity index (χ2n) is 9.70. The lowest BCUT2D eigenvalue weighted by atomic mass is 10.0. The molecule has 8 heteroatoms. The van der Waals surface area contributed by atoms with Gasteiger partial charge in [0.25, 0.3) is 5.56 Å². The zero-order valence-electron chi connectivity index (χ0n) is 21.4. The van der Waals surface area contributed by atoms with Crippen molar-refractivity contribution in [3.8, 4) is 11.4 Å². The molecule has 0 atom stereocenters. The summed E-state index contributed by atoms with van der Waals surface area (Å²) in [5.41, 5.74) is 1.86. The van der Waals surface area contributed by atoms with E-state index < -0.39 is 11.2 Å². The fraction of sp³-hybridized carbons (Fsp3) is 0.357. The molecule has 0 aliphatic heterocycles. The molecule has 2 heterocycles. The molecule has 0 radical (unpaired) electrons. The van der Waals surface area contributed by atoms with Crippen LogP contribution in [0.2, 0.25) is 0 Å². The van der Waals surface area contributed by atoms with Gasteiger partial charge >= 0.3 is 5.69 Å². The van der Waals surface area contributed by atoms with Crippen molar-refractivity contribution in [1.82, 2.24) is 18.7 Å². The number of carbonyl (C=O) groups is 1. The number of rotatable bonds is 9. The van der Waals surface area contributed by atoms with Crippen molar-refractivity contribution in [1.29, 1.82) is 0 Å². The Morgan fingerprint density at radius 2 is 1.64 bits per heavy atom. The van der Waals surface area contributed by atoms with Gasteiger partial charge in [0.15, 0.2) is 16.9 Å². The molecule has 0 fully saturated rings. The lowest BCUT2D eigenvalue weighted by molar-refractivity contribution is 0.0973. The second kappa shape index (κ2) is 10.4. The highest BCUT2D eigenvalue weighted by Gasteiger charge is 2.21. The SMILES string of the molecule is COc1ccc(C(=O)Cn2cnc3c2c(=O)n(CCC(C)C)c(=O)n3-c2ccc(C(C)C)cc2)cc1. The molecule has 0 aliphatic rings. The number of methoxy groups -OCH3 is 1. The average Bonchev–Trinajstić information content (AvgIpc) is 3.27. The lowest BCUT2D eigenvalue weighted by Gasteiger charge is -2.14. The third kappa shape index (κ3) is 4.89. The molecule has 0 saturated carbocycles. The van der Waals surface area contributed by atoms with Gasteiger partial charge in [-0.3, -0.25) is 14.2 Å². The standard InChI is InChI=1S/C28H32N4O4/c1-18(2)14-15-31-27(34)25-26(32(28(31)35)22-10-6-20(7-11-22)19(3)4)29-17-30(25)16-24(33)21-8-12-23(36-5)13-9-21/h6-13,17-19H,14-16H2,1-5H3. The van der Waals surface area contributed by atoms with Gasteiger partial charge < -0.3 is 9.30 Å². The third-order valence-corrected chi connectivity index (χ3v) is 6.37. The summed E-state index contributed by atoms with van der Waals surface area (Å²) in [7, 11) is 1.56. The first kappa shape index (κ1) is 25.2. The number of ketones is 1. The molecular formula is C28H32N4O4. The molecule has 0 aliphatic carbocycles. The van der Waals surface area contributed by atoms with E-state index in [1.807, 2.05) is 38.1 Å². The minimum Gasteiger partial charge on any atom is -0.497 e. The van der Waals surface area contributed by atoms with Crippen molar-refractivity contribution in [2.45, 2.75) is 53.1 Å². The number of benzene rings is 2. The molecule has 2 aromatic heterocycles. The maximum absolute atomic E-state index is 13.5. The number of aromatic nitrogens is 4. The van der Waals surface area contributed by atoms with Gasteiger partial charge in [0, 0.05) is 12.1 Å². The molecule has 0 amide bonds. The highest BCUT2D eigenvalue weighted by Crippen LogP contribution is 2.19. The highest BCUT2D eigenvalue weighted by molar-refractivity contribution is 5.96. The second-order valence-corrected chi connectivity index (χ2v) is 9.70. The topological polar surface area (TPSA) is 88.1 Å². The molecule has 0 saturated heterocycles. The average molecular weight is 489 g/mol. The van der Waals surface area contributed by atoms with E-state index in [1.54, 1.807) is 31.4 Å². The molecule has 188 valence electrons. The Kier molecular flexibility index (Phi) is 7.24. The minimum atomic E-state index is -0.439. The predicted octanol–water partition coefficient (Wildman–Crippen LogP) is 4.41. The first-order valence-electron chi connectivity index (χ1n) is 12.2. The number of imidazole rings is 1. The first-order valence-corrected chi connectivity index (χ1v) is 12.2. The van der Waals surface area contributed by atoms with E-state index >= 15 is 0 Å². The normalized spacial score (nSPS) is 11.5. The number of fused-ring (bicyclic) bond motifs is 1. The molecule has 0 unspecified atom stereocenters. The summed E-state index contributed by atoms with van der Waals surface area (Å²) in [4.78, 5) is 44.5. The number of hydrogen-bond donors (Lipinski definition) is 0. The number of Topliss-reactive ketones (excluding diaryl/α,β-unsaturated/α-hetero) is 1. The third-order valence-electron chi connectivity index (χ3n) is 6.37. The summed E-state index contributed by atoms with van der Waals surface area (Å²) >= 11 is 0. The monoisotopic (exact) mass is 488 g/mol. The summed E-state index contributed by atoms with van der Waals surface area (Å²) in [5, 5.41) is 0. The van der Waals surface area contributed by atoms with Crippen molar-refractivity contribution in [3.05, 3.63) is 86.8 Å². The van der Waals surface area contributed by atoms with Crippen molar-refractivity contribution < 1.29 is 9.53 Å². The van der Waals surface area contributed by atoms with Crippen LogP contribution in [0.1, 0.15) is 56.0 Å². The van der Waals surface area contributed by atoms with Crippen LogP contribution >= 0.6 is 0 Å². The smallest absolute Gasteiger partial charge is 0.337 e. The summed E-state index contributed by atoms with van der Waals surface area (Å²) in [5.74, 6) is 1.13.